The molecule has 2 heteroatoms. The lowest BCUT2D eigenvalue weighted by molar-refractivity contribution is 0.474. The summed E-state index contributed by atoms with van der Waals surface area (Å²) in [6, 6.07) is 14.5. The van der Waals surface area contributed by atoms with E-state index in [1.165, 1.54) is 0 Å². The van der Waals surface area contributed by atoms with Gasteiger partial charge in [-0.3, -0.25) is 0 Å². The molecule has 2 aromatic rings. The minimum atomic E-state index is 0.253. The lowest BCUT2D eigenvalue weighted by Gasteiger charge is -2.17. The van der Waals surface area contributed by atoms with Crippen LogP contribution in [0.3, 0.4) is 0 Å². The Hall–Kier alpha value is -3.00. The van der Waals surface area contributed by atoms with Gasteiger partial charge in [0, 0.05) is 0 Å². The standard InChI is InChI=1S/C22H20O2/c1-15-11-19(17-5-3-7-21(23)13-17)9-10-20(12-16(15)2)18-6-4-8-22(24)14-18/h3-8,11-14,23-24H,1-2,9-10H2/b19-11+,20-12+. The third-order valence-corrected chi connectivity index (χ3v) is 4.21. The highest BCUT2D eigenvalue weighted by Gasteiger charge is 2.12. The molecule has 0 atom stereocenters. The van der Waals surface area contributed by atoms with Crippen molar-refractivity contribution < 1.29 is 10.2 Å². The summed E-state index contributed by atoms with van der Waals surface area (Å²) in [7, 11) is 0. The number of hydrogen-bond acceptors (Lipinski definition) is 2. The molecule has 0 heterocycles. The van der Waals surface area contributed by atoms with Crippen LogP contribution in [-0.4, -0.2) is 10.2 Å². The largest absolute Gasteiger partial charge is 0.508 e. The number of rotatable bonds is 2. The van der Waals surface area contributed by atoms with Gasteiger partial charge in [0.15, 0.2) is 0 Å². The van der Waals surface area contributed by atoms with E-state index in [1.54, 1.807) is 24.3 Å². The number of allylic oxidation sites excluding steroid dienone is 6. The molecule has 0 unspecified atom stereocenters. The minimum absolute atomic E-state index is 0.253. The molecule has 0 saturated heterocycles. The van der Waals surface area contributed by atoms with Crippen molar-refractivity contribution in [1.82, 2.24) is 0 Å². The first-order valence-electron chi connectivity index (χ1n) is 7.91. The molecule has 0 saturated carbocycles. The molecule has 0 amide bonds. The summed E-state index contributed by atoms with van der Waals surface area (Å²) in [5.74, 6) is 0.507. The fourth-order valence-corrected chi connectivity index (χ4v) is 2.89. The topological polar surface area (TPSA) is 40.5 Å². The Labute approximate surface area is 142 Å². The fraction of sp³-hybridized carbons (Fsp3) is 0.0909. The van der Waals surface area contributed by atoms with Gasteiger partial charge < -0.3 is 10.2 Å². The monoisotopic (exact) mass is 316 g/mol. The van der Waals surface area contributed by atoms with Crippen LogP contribution in [0.25, 0.3) is 11.1 Å². The molecule has 0 aromatic heterocycles. The van der Waals surface area contributed by atoms with E-state index in [0.29, 0.717) is 0 Å². The zero-order chi connectivity index (χ0) is 17.1. The van der Waals surface area contributed by atoms with Crippen LogP contribution < -0.4 is 0 Å². The molecule has 0 spiro atoms. The summed E-state index contributed by atoms with van der Waals surface area (Å²) in [6.07, 6.45) is 5.70. The predicted molar refractivity (Wildman–Crippen MR) is 99.7 cm³/mol. The molecule has 3 rings (SSSR count). The second kappa shape index (κ2) is 6.63. The predicted octanol–water partition coefficient (Wildman–Crippen LogP) is 5.47. The van der Waals surface area contributed by atoms with Crippen molar-refractivity contribution in [3.8, 4) is 11.5 Å². The second-order valence-electron chi connectivity index (χ2n) is 5.99. The van der Waals surface area contributed by atoms with Gasteiger partial charge in [-0.25, -0.2) is 0 Å². The molecule has 2 nitrogen and oxygen atoms in total. The van der Waals surface area contributed by atoms with Crippen LogP contribution in [0, 0.1) is 0 Å². The molecule has 120 valence electrons. The third-order valence-electron chi connectivity index (χ3n) is 4.21. The number of phenols is 2. The van der Waals surface area contributed by atoms with Crippen molar-refractivity contribution >= 4 is 11.1 Å². The van der Waals surface area contributed by atoms with E-state index in [9.17, 15) is 10.2 Å². The zero-order valence-corrected chi connectivity index (χ0v) is 13.5. The van der Waals surface area contributed by atoms with Gasteiger partial charge in [-0.05, 0) is 70.5 Å². The molecule has 1 aliphatic rings. The molecule has 0 aliphatic heterocycles. The highest BCUT2D eigenvalue weighted by atomic mass is 16.3. The van der Waals surface area contributed by atoms with Crippen molar-refractivity contribution in [2.75, 3.05) is 0 Å². The lowest BCUT2D eigenvalue weighted by Crippen LogP contribution is -1.95. The highest BCUT2D eigenvalue weighted by Crippen LogP contribution is 2.34. The van der Waals surface area contributed by atoms with Gasteiger partial charge in [0.05, 0.1) is 0 Å². The van der Waals surface area contributed by atoms with Crippen molar-refractivity contribution in [3.05, 3.63) is 96.1 Å². The van der Waals surface area contributed by atoms with Gasteiger partial charge in [-0.1, -0.05) is 49.6 Å². The first kappa shape index (κ1) is 15.9. The molecule has 24 heavy (non-hydrogen) atoms. The van der Waals surface area contributed by atoms with E-state index in [0.717, 1.165) is 46.3 Å². The van der Waals surface area contributed by atoms with E-state index in [4.69, 9.17) is 0 Å². The summed E-state index contributed by atoms with van der Waals surface area (Å²) in [5, 5.41) is 19.5. The Morgan fingerprint density at radius 2 is 1.08 bits per heavy atom. The van der Waals surface area contributed by atoms with Gasteiger partial charge in [-0.2, -0.15) is 0 Å². The summed E-state index contributed by atoms with van der Waals surface area (Å²) >= 11 is 0. The lowest BCUT2D eigenvalue weighted by atomic mass is 9.88. The van der Waals surface area contributed by atoms with E-state index in [1.807, 2.05) is 36.4 Å². The fourth-order valence-electron chi connectivity index (χ4n) is 2.89. The van der Waals surface area contributed by atoms with Gasteiger partial charge in [0.2, 0.25) is 0 Å². The molecule has 0 fully saturated rings. The SMILES string of the molecule is C=C1/C=C(/c2cccc(O)c2)CC/C(c2cccc(O)c2)=C\C1=C. The van der Waals surface area contributed by atoms with E-state index in [-0.39, 0.29) is 11.5 Å². The Bertz CT molecular complexity index is 796. The first-order chi connectivity index (χ1) is 11.5. The normalized spacial score (nSPS) is 19.7. The number of aromatic hydroxyl groups is 2. The number of benzene rings is 2. The van der Waals surface area contributed by atoms with Crippen LogP contribution >= 0.6 is 0 Å². The number of hydrogen-bond donors (Lipinski definition) is 2. The third kappa shape index (κ3) is 3.49. The summed E-state index contributed by atoms with van der Waals surface area (Å²) in [4.78, 5) is 0. The summed E-state index contributed by atoms with van der Waals surface area (Å²) in [5.41, 5.74) is 5.91. The minimum Gasteiger partial charge on any atom is -0.508 e. The van der Waals surface area contributed by atoms with Crippen molar-refractivity contribution in [2.45, 2.75) is 12.8 Å². The quantitative estimate of drug-likeness (QED) is 0.771. The maximum absolute atomic E-state index is 9.74. The Balaban J connectivity index is 1.97. The van der Waals surface area contributed by atoms with Crippen LogP contribution in [-0.2, 0) is 0 Å². The van der Waals surface area contributed by atoms with Crippen LogP contribution in [0.2, 0.25) is 0 Å². The van der Waals surface area contributed by atoms with E-state index >= 15 is 0 Å². The second-order valence-corrected chi connectivity index (χ2v) is 5.99. The average Bonchev–Trinajstić information content (AvgIpc) is 2.55. The van der Waals surface area contributed by atoms with Crippen molar-refractivity contribution in [3.63, 3.8) is 0 Å². The van der Waals surface area contributed by atoms with Crippen molar-refractivity contribution in [2.24, 2.45) is 0 Å². The molecular formula is C22H20O2. The maximum Gasteiger partial charge on any atom is 0.116 e. The smallest absolute Gasteiger partial charge is 0.116 e. The average molecular weight is 316 g/mol. The van der Waals surface area contributed by atoms with Crippen LogP contribution in [0.5, 0.6) is 11.5 Å². The highest BCUT2D eigenvalue weighted by molar-refractivity contribution is 5.78. The van der Waals surface area contributed by atoms with Gasteiger partial charge >= 0.3 is 0 Å². The van der Waals surface area contributed by atoms with Crippen LogP contribution in [0.15, 0.2) is 85.0 Å². The molecule has 0 radical (unpaired) electrons. The molecule has 1 aliphatic carbocycles. The van der Waals surface area contributed by atoms with Gasteiger partial charge in [-0.15, -0.1) is 0 Å². The zero-order valence-electron chi connectivity index (χ0n) is 13.5. The van der Waals surface area contributed by atoms with Gasteiger partial charge in [0.25, 0.3) is 0 Å². The summed E-state index contributed by atoms with van der Waals surface area (Å²) < 4.78 is 0. The Morgan fingerprint density at radius 1 is 0.667 bits per heavy atom. The number of phenolic OH excluding ortho intramolecular Hbond substituents is 2. The molecule has 0 bridgehead atoms. The maximum atomic E-state index is 9.74. The van der Waals surface area contributed by atoms with Crippen LogP contribution in [0.4, 0.5) is 0 Å². The Morgan fingerprint density at radius 3 is 1.46 bits per heavy atom. The van der Waals surface area contributed by atoms with Gasteiger partial charge in [0.1, 0.15) is 11.5 Å². The summed E-state index contributed by atoms with van der Waals surface area (Å²) in [6.45, 7) is 8.22. The first-order valence-corrected chi connectivity index (χ1v) is 7.91. The van der Waals surface area contributed by atoms with Crippen LogP contribution in [0.1, 0.15) is 24.0 Å². The molecule has 2 N–H and O–H groups in total. The Kier molecular flexibility index (Phi) is 4.39. The molecular weight excluding hydrogens is 296 g/mol. The molecule has 2 aromatic carbocycles. The van der Waals surface area contributed by atoms with E-state index in [2.05, 4.69) is 13.2 Å². The van der Waals surface area contributed by atoms with Crippen molar-refractivity contribution in [1.29, 1.82) is 0 Å². The van der Waals surface area contributed by atoms with E-state index < -0.39 is 0 Å².